The summed E-state index contributed by atoms with van der Waals surface area (Å²) in [5.74, 6) is -0.996. The minimum absolute atomic E-state index is 0.0706. The summed E-state index contributed by atoms with van der Waals surface area (Å²) in [5, 5.41) is 8.90. The van der Waals surface area contributed by atoms with E-state index >= 15 is 0 Å². The number of carboxylic acid groups (broad SMARTS) is 1. The van der Waals surface area contributed by atoms with Gasteiger partial charge in [-0.1, -0.05) is 0 Å². The Labute approximate surface area is 107 Å². The number of piperidine rings is 1. The molecular formula is C12H22N2O4. The molecule has 2 atom stereocenters. The van der Waals surface area contributed by atoms with Gasteiger partial charge in [-0.2, -0.15) is 0 Å². The molecule has 1 saturated heterocycles. The number of carbonyl (C=O) groups excluding carboxylic acids is 1. The monoisotopic (exact) mass is 258 g/mol. The van der Waals surface area contributed by atoms with E-state index in [0.717, 1.165) is 12.8 Å². The first-order valence-electron chi connectivity index (χ1n) is 6.33. The summed E-state index contributed by atoms with van der Waals surface area (Å²) >= 11 is 0. The van der Waals surface area contributed by atoms with Crippen LogP contribution in [-0.4, -0.2) is 65.8 Å². The van der Waals surface area contributed by atoms with E-state index in [1.165, 1.54) is 18.9 Å². The van der Waals surface area contributed by atoms with Crippen LogP contribution in [0.4, 0.5) is 4.79 Å². The molecule has 0 aliphatic carbocycles. The van der Waals surface area contributed by atoms with Gasteiger partial charge in [0.05, 0.1) is 6.10 Å². The van der Waals surface area contributed by atoms with E-state index in [0.29, 0.717) is 19.7 Å². The van der Waals surface area contributed by atoms with Crippen LogP contribution in [-0.2, 0) is 9.53 Å². The average molecular weight is 258 g/mol. The van der Waals surface area contributed by atoms with Crippen LogP contribution in [0.2, 0.25) is 0 Å². The van der Waals surface area contributed by atoms with Crippen LogP contribution in [0.1, 0.15) is 26.7 Å². The van der Waals surface area contributed by atoms with Crippen LogP contribution in [0.3, 0.4) is 0 Å². The number of rotatable bonds is 4. The van der Waals surface area contributed by atoms with Crippen molar-refractivity contribution in [3.63, 3.8) is 0 Å². The highest BCUT2D eigenvalue weighted by Crippen LogP contribution is 2.15. The molecule has 0 aromatic rings. The lowest BCUT2D eigenvalue weighted by molar-refractivity contribution is -0.141. The predicted octanol–water partition coefficient (Wildman–Crippen LogP) is 1.01. The summed E-state index contributed by atoms with van der Waals surface area (Å²) in [7, 11) is 1.52. The number of carbonyl (C=O) groups is 2. The third-order valence-electron chi connectivity index (χ3n) is 3.29. The molecule has 0 aromatic carbocycles. The molecule has 0 saturated carbocycles. The summed E-state index contributed by atoms with van der Waals surface area (Å²) in [5.41, 5.74) is 0. The van der Waals surface area contributed by atoms with Gasteiger partial charge in [-0.25, -0.2) is 9.59 Å². The topological polar surface area (TPSA) is 70.1 Å². The van der Waals surface area contributed by atoms with E-state index in [9.17, 15) is 9.59 Å². The molecule has 1 N–H and O–H groups in total. The lowest BCUT2D eigenvalue weighted by Crippen LogP contribution is -2.52. The number of nitrogens with zero attached hydrogens (tertiary/aromatic N) is 2. The Bertz CT molecular complexity index is 306. The summed E-state index contributed by atoms with van der Waals surface area (Å²) in [4.78, 5) is 25.9. The summed E-state index contributed by atoms with van der Waals surface area (Å²) in [6.07, 6.45) is 1.92. The van der Waals surface area contributed by atoms with E-state index in [-0.39, 0.29) is 12.1 Å². The Hall–Kier alpha value is -1.30. The van der Waals surface area contributed by atoms with Crippen molar-refractivity contribution < 1.29 is 19.4 Å². The lowest BCUT2D eigenvalue weighted by atomic mass is 10.1. The second-order valence-corrected chi connectivity index (χ2v) is 4.57. The number of likely N-dealkylation sites (N-methyl/N-ethyl adjacent to an activating group) is 1. The molecule has 1 aliphatic heterocycles. The van der Waals surface area contributed by atoms with Crippen LogP contribution in [0.15, 0.2) is 0 Å². The van der Waals surface area contributed by atoms with E-state index in [4.69, 9.17) is 9.84 Å². The van der Waals surface area contributed by atoms with E-state index in [1.807, 2.05) is 6.92 Å². The van der Waals surface area contributed by atoms with Crippen LogP contribution in [0, 0.1) is 0 Å². The van der Waals surface area contributed by atoms with E-state index in [1.54, 1.807) is 4.90 Å². The van der Waals surface area contributed by atoms with Crippen molar-refractivity contribution in [3.05, 3.63) is 0 Å². The van der Waals surface area contributed by atoms with Crippen molar-refractivity contribution >= 4 is 12.0 Å². The molecule has 0 aromatic heterocycles. The normalized spacial score (nSPS) is 21.5. The van der Waals surface area contributed by atoms with Crippen molar-refractivity contribution in [2.75, 3.05) is 26.7 Å². The first-order valence-corrected chi connectivity index (χ1v) is 6.33. The van der Waals surface area contributed by atoms with Crippen LogP contribution in [0.5, 0.6) is 0 Å². The molecule has 2 amide bonds. The molecule has 1 rings (SSSR count). The van der Waals surface area contributed by atoms with Gasteiger partial charge in [-0.15, -0.1) is 0 Å². The largest absolute Gasteiger partial charge is 0.480 e. The standard InChI is InChI=1S/C12H22N2O4/c1-4-18-10-6-5-7-14(8-10)12(17)13(3)9(2)11(15)16/h9-10H,4-8H2,1-3H3,(H,15,16). The van der Waals surface area contributed by atoms with Gasteiger partial charge in [0, 0.05) is 26.7 Å². The fraction of sp³-hybridized carbons (Fsp3) is 0.833. The number of ether oxygens (including phenoxy) is 1. The SMILES string of the molecule is CCOC1CCCN(C(=O)N(C)C(C)C(=O)O)C1. The zero-order valence-corrected chi connectivity index (χ0v) is 11.3. The minimum atomic E-state index is -0.996. The zero-order chi connectivity index (χ0) is 13.7. The van der Waals surface area contributed by atoms with Gasteiger partial charge in [0.15, 0.2) is 0 Å². The highest BCUT2D eigenvalue weighted by Gasteiger charge is 2.29. The minimum Gasteiger partial charge on any atom is -0.480 e. The average Bonchev–Trinajstić information content (AvgIpc) is 2.36. The van der Waals surface area contributed by atoms with E-state index < -0.39 is 12.0 Å². The van der Waals surface area contributed by atoms with Gasteiger partial charge in [-0.3, -0.25) is 0 Å². The maximum absolute atomic E-state index is 12.1. The fourth-order valence-corrected chi connectivity index (χ4v) is 2.04. The highest BCUT2D eigenvalue weighted by molar-refractivity contribution is 5.82. The third-order valence-corrected chi connectivity index (χ3v) is 3.29. The Morgan fingerprint density at radius 3 is 2.78 bits per heavy atom. The molecular weight excluding hydrogens is 236 g/mol. The Morgan fingerprint density at radius 1 is 1.56 bits per heavy atom. The summed E-state index contributed by atoms with van der Waals surface area (Å²) in [6.45, 7) is 5.28. The Balaban J connectivity index is 2.57. The van der Waals surface area contributed by atoms with Crippen molar-refractivity contribution in [1.29, 1.82) is 0 Å². The predicted molar refractivity (Wildman–Crippen MR) is 66.5 cm³/mol. The second kappa shape index (κ2) is 6.58. The maximum Gasteiger partial charge on any atom is 0.326 e. The van der Waals surface area contributed by atoms with E-state index in [2.05, 4.69) is 0 Å². The summed E-state index contributed by atoms with van der Waals surface area (Å²) in [6, 6.07) is -1.06. The molecule has 0 spiro atoms. The molecule has 1 heterocycles. The molecule has 6 nitrogen and oxygen atoms in total. The number of likely N-dealkylation sites (tertiary alicyclic amines) is 1. The molecule has 104 valence electrons. The van der Waals surface area contributed by atoms with Crippen LogP contribution >= 0.6 is 0 Å². The smallest absolute Gasteiger partial charge is 0.326 e. The van der Waals surface area contributed by atoms with Gasteiger partial charge >= 0.3 is 12.0 Å². The van der Waals surface area contributed by atoms with Crippen molar-refractivity contribution in [3.8, 4) is 0 Å². The van der Waals surface area contributed by atoms with Crippen molar-refractivity contribution in [1.82, 2.24) is 9.80 Å². The third kappa shape index (κ3) is 3.60. The van der Waals surface area contributed by atoms with Crippen molar-refractivity contribution in [2.45, 2.75) is 38.8 Å². The number of hydrogen-bond acceptors (Lipinski definition) is 3. The number of amides is 2. The van der Waals surface area contributed by atoms with Crippen LogP contribution < -0.4 is 0 Å². The van der Waals surface area contributed by atoms with Crippen LogP contribution in [0.25, 0.3) is 0 Å². The van der Waals surface area contributed by atoms with Gasteiger partial charge < -0.3 is 19.6 Å². The first-order chi connectivity index (χ1) is 8.47. The molecule has 1 fully saturated rings. The molecule has 0 bridgehead atoms. The quantitative estimate of drug-likeness (QED) is 0.817. The molecule has 6 heteroatoms. The molecule has 2 unspecified atom stereocenters. The molecule has 18 heavy (non-hydrogen) atoms. The molecule has 0 radical (unpaired) electrons. The Morgan fingerprint density at radius 2 is 2.22 bits per heavy atom. The van der Waals surface area contributed by atoms with Gasteiger partial charge in [-0.05, 0) is 26.7 Å². The lowest BCUT2D eigenvalue weighted by Gasteiger charge is -2.36. The number of carboxylic acids is 1. The van der Waals surface area contributed by atoms with Gasteiger partial charge in [0.2, 0.25) is 0 Å². The maximum atomic E-state index is 12.1. The first kappa shape index (κ1) is 14.8. The van der Waals surface area contributed by atoms with Crippen molar-refractivity contribution in [2.24, 2.45) is 0 Å². The molecule has 1 aliphatic rings. The van der Waals surface area contributed by atoms with Gasteiger partial charge in [0.1, 0.15) is 6.04 Å². The number of hydrogen-bond donors (Lipinski definition) is 1. The fourth-order valence-electron chi connectivity index (χ4n) is 2.04. The van der Waals surface area contributed by atoms with Gasteiger partial charge in [0.25, 0.3) is 0 Å². The summed E-state index contributed by atoms with van der Waals surface area (Å²) < 4.78 is 5.52. The second-order valence-electron chi connectivity index (χ2n) is 4.57. The zero-order valence-electron chi connectivity index (χ0n) is 11.3. The Kier molecular flexibility index (Phi) is 5.40. The highest BCUT2D eigenvalue weighted by atomic mass is 16.5. The number of urea groups is 1. The number of aliphatic carboxylic acids is 1.